The van der Waals surface area contributed by atoms with Gasteiger partial charge in [0.2, 0.25) is 5.91 Å². The molecule has 1 rings (SSSR count). The first kappa shape index (κ1) is 12.0. The lowest BCUT2D eigenvalue weighted by molar-refractivity contribution is -0.128. The molecule has 1 fully saturated rings. The van der Waals surface area contributed by atoms with Gasteiger partial charge in [0.15, 0.2) is 0 Å². The van der Waals surface area contributed by atoms with Crippen LogP contribution in [0.3, 0.4) is 0 Å². The predicted molar refractivity (Wildman–Crippen MR) is 62.5 cm³/mol. The molecule has 0 saturated heterocycles. The third kappa shape index (κ3) is 2.50. The molecule has 0 aromatic rings. The molecule has 82 valence electrons. The van der Waals surface area contributed by atoms with Crippen molar-refractivity contribution >= 4 is 21.8 Å². The Balaban J connectivity index is 2.47. The van der Waals surface area contributed by atoms with E-state index in [1.165, 1.54) is 6.42 Å². The van der Waals surface area contributed by atoms with Crippen molar-refractivity contribution in [2.24, 2.45) is 11.8 Å². The van der Waals surface area contributed by atoms with Gasteiger partial charge in [-0.25, -0.2) is 0 Å². The first-order valence-electron chi connectivity index (χ1n) is 5.39. The topological polar surface area (TPSA) is 29.1 Å². The van der Waals surface area contributed by atoms with E-state index in [2.05, 4.69) is 35.1 Å². The van der Waals surface area contributed by atoms with Crippen LogP contribution in [-0.2, 0) is 4.79 Å². The number of amides is 1. The quantitative estimate of drug-likeness (QED) is 0.775. The molecule has 1 amide bonds. The summed E-state index contributed by atoms with van der Waals surface area (Å²) in [7, 11) is 0. The van der Waals surface area contributed by atoms with Crippen LogP contribution in [0.2, 0.25) is 0 Å². The molecule has 0 aromatic heterocycles. The maximum Gasteiger partial charge on any atom is 0.223 e. The minimum Gasteiger partial charge on any atom is -0.350 e. The molecule has 1 atom stereocenters. The molecule has 0 heterocycles. The lowest BCUT2D eigenvalue weighted by Gasteiger charge is -2.42. The number of carbonyl (C=O) groups is 1. The summed E-state index contributed by atoms with van der Waals surface area (Å²) in [5, 5.41) is 4.06. The van der Waals surface area contributed by atoms with Crippen LogP contribution in [0.5, 0.6) is 0 Å². The second-order valence-electron chi connectivity index (χ2n) is 4.79. The van der Waals surface area contributed by atoms with E-state index in [4.69, 9.17) is 0 Å². The third-order valence-electron chi connectivity index (χ3n) is 3.37. The second-order valence-corrected chi connectivity index (χ2v) is 5.35. The number of hydrogen-bond acceptors (Lipinski definition) is 1. The average molecular weight is 262 g/mol. The van der Waals surface area contributed by atoms with Crippen LogP contribution in [0.1, 0.15) is 40.0 Å². The molecule has 0 spiro atoms. The van der Waals surface area contributed by atoms with Gasteiger partial charge < -0.3 is 5.32 Å². The molecule has 1 aliphatic rings. The molecular weight excluding hydrogens is 242 g/mol. The number of halogens is 1. The molecular formula is C11H20BrNO. The van der Waals surface area contributed by atoms with E-state index < -0.39 is 0 Å². The van der Waals surface area contributed by atoms with Crippen molar-refractivity contribution in [1.82, 2.24) is 5.32 Å². The summed E-state index contributed by atoms with van der Waals surface area (Å²) < 4.78 is 0. The van der Waals surface area contributed by atoms with Gasteiger partial charge in [-0.3, -0.25) is 4.79 Å². The summed E-state index contributed by atoms with van der Waals surface area (Å²) in [6, 6.07) is 0. The van der Waals surface area contributed by atoms with Crippen molar-refractivity contribution in [2.75, 3.05) is 5.33 Å². The van der Waals surface area contributed by atoms with Gasteiger partial charge in [-0.05, 0) is 25.2 Å². The zero-order chi connectivity index (χ0) is 10.8. The van der Waals surface area contributed by atoms with E-state index >= 15 is 0 Å². The Bertz CT molecular complexity index is 206. The summed E-state index contributed by atoms with van der Waals surface area (Å²) in [5.74, 6) is 0.744. The van der Waals surface area contributed by atoms with Gasteiger partial charge in [0.25, 0.3) is 0 Å². The summed E-state index contributed by atoms with van der Waals surface area (Å²) in [6.45, 7) is 6.18. The van der Waals surface area contributed by atoms with Crippen molar-refractivity contribution in [3.05, 3.63) is 0 Å². The van der Waals surface area contributed by atoms with E-state index in [-0.39, 0.29) is 17.4 Å². The number of rotatable bonds is 4. The van der Waals surface area contributed by atoms with E-state index in [0.717, 1.165) is 18.2 Å². The molecule has 1 N–H and O–H groups in total. The van der Waals surface area contributed by atoms with E-state index in [1.807, 2.05) is 6.92 Å². The van der Waals surface area contributed by atoms with Gasteiger partial charge in [-0.15, -0.1) is 0 Å². The lowest BCUT2D eigenvalue weighted by atomic mass is 9.78. The fourth-order valence-corrected chi connectivity index (χ4v) is 2.27. The largest absolute Gasteiger partial charge is 0.350 e. The number of nitrogens with one attached hydrogen (secondary N) is 1. The highest BCUT2D eigenvalue weighted by Gasteiger charge is 2.38. The fraction of sp³-hybridized carbons (Fsp3) is 0.909. The Morgan fingerprint density at radius 1 is 1.43 bits per heavy atom. The van der Waals surface area contributed by atoms with Gasteiger partial charge in [0.05, 0.1) is 0 Å². The minimum atomic E-state index is 0.0697. The molecule has 3 heteroatoms. The monoisotopic (exact) mass is 261 g/mol. The summed E-state index contributed by atoms with van der Waals surface area (Å²) >= 11 is 3.48. The Morgan fingerprint density at radius 3 is 2.29 bits per heavy atom. The lowest BCUT2D eigenvalue weighted by Crippen LogP contribution is -2.56. The van der Waals surface area contributed by atoms with Gasteiger partial charge >= 0.3 is 0 Å². The van der Waals surface area contributed by atoms with Crippen LogP contribution in [0, 0.1) is 11.8 Å². The summed E-state index contributed by atoms with van der Waals surface area (Å²) in [4.78, 5) is 11.8. The SMILES string of the molecule is CC(C)C(C)C(=O)NC1(CBr)CCC1. The normalized spacial score (nSPS) is 21.5. The second kappa shape index (κ2) is 4.65. The Labute approximate surface area is 95.0 Å². The van der Waals surface area contributed by atoms with Gasteiger partial charge in [0.1, 0.15) is 0 Å². The highest BCUT2D eigenvalue weighted by molar-refractivity contribution is 9.09. The molecule has 1 aliphatic carbocycles. The number of carbonyl (C=O) groups excluding carboxylic acids is 1. The van der Waals surface area contributed by atoms with Crippen LogP contribution in [0.15, 0.2) is 0 Å². The molecule has 0 aromatic carbocycles. The fourth-order valence-electron chi connectivity index (χ4n) is 1.57. The first-order chi connectivity index (χ1) is 6.51. The first-order valence-corrected chi connectivity index (χ1v) is 6.51. The van der Waals surface area contributed by atoms with Crippen molar-refractivity contribution in [3.63, 3.8) is 0 Å². The van der Waals surface area contributed by atoms with Crippen molar-refractivity contribution in [2.45, 2.75) is 45.6 Å². The molecule has 1 saturated carbocycles. The van der Waals surface area contributed by atoms with Crippen LogP contribution in [0.4, 0.5) is 0 Å². The summed E-state index contributed by atoms with van der Waals surface area (Å²) in [6.07, 6.45) is 3.48. The van der Waals surface area contributed by atoms with E-state index in [9.17, 15) is 4.79 Å². The highest BCUT2D eigenvalue weighted by atomic mass is 79.9. The van der Waals surface area contributed by atoms with Crippen LogP contribution in [-0.4, -0.2) is 16.8 Å². The summed E-state index contributed by atoms with van der Waals surface area (Å²) in [5.41, 5.74) is 0.0697. The molecule has 0 aliphatic heterocycles. The van der Waals surface area contributed by atoms with Crippen LogP contribution >= 0.6 is 15.9 Å². The zero-order valence-corrected chi connectivity index (χ0v) is 10.9. The Hall–Kier alpha value is -0.0500. The third-order valence-corrected chi connectivity index (χ3v) is 4.44. The molecule has 0 bridgehead atoms. The Morgan fingerprint density at radius 2 is 2.00 bits per heavy atom. The minimum absolute atomic E-state index is 0.0697. The van der Waals surface area contributed by atoms with Gasteiger partial charge in [-0.1, -0.05) is 36.7 Å². The highest BCUT2D eigenvalue weighted by Crippen LogP contribution is 2.33. The Kier molecular flexibility index (Phi) is 3.99. The van der Waals surface area contributed by atoms with Gasteiger partial charge in [0, 0.05) is 16.8 Å². The molecule has 2 nitrogen and oxygen atoms in total. The molecule has 14 heavy (non-hydrogen) atoms. The average Bonchev–Trinajstić information content (AvgIpc) is 2.09. The van der Waals surface area contributed by atoms with Crippen molar-refractivity contribution in [1.29, 1.82) is 0 Å². The van der Waals surface area contributed by atoms with Crippen molar-refractivity contribution in [3.8, 4) is 0 Å². The maximum absolute atomic E-state index is 11.8. The van der Waals surface area contributed by atoms with E-state index in [0.29, 0.717) is 5.92 Å². The standard InChI is InChI=1S/C11H20BrNO/c1-8(2)9(3)10(14)13-11(7-12)5-4-6-11/h8-9H,4-7H2,1-3H3,(H,13,14). The number of hydrogen-bond donors (Lipinski definition) is 1. The predicted octanol–water partition coefficient (Wildman–Crippen LogP) is 2.71. The van der Waals surface area contributed by atoms with Crippen LogP contribution in [0.25, 0.3) is 0 Å². The smallest absolute Gasteiger partial charge is 0.223 e. The maximum atomic E-state index is 11.8. The molecule has 0 radical (unpaired) electrons. The molecule has 1 unspecified atom stereocenters. The zero-order valence-electron chi connectivity index (χ0n) is 9.27. The van der Waals surface area contributed by atoms with Crippen molar-refractivity contribution < 1.29 is 4.79 Å². The number of alkyl halides is 1. The van der Waals surface area contributed by atoms with Gasteiger partial charge in [-0.2, -0.15) is 0 Å². The van der Waals surface area contributed by atoms with Crippen LogP contribution < -0.4 is 5.32 Å². The van der Waals surface area contributed by atoms with E-state index in [1.54, 1.807) is 0 Å².